The summed E-state index contributed by atoms with van der Waals surface area (Å²) in [6.07, 6.45) is 2.80. The van der Waals surface area contributed by atoms with Crippen LogP contribution in [0.5, 0.6) is 11.5 Å². The molecule has 3 heterocycles. The lowest BCUT2D eigenvalue weighted by Gasteiger charge is -2.28. The summed E-state index contributed by atoms with van der Waals surface area (Å²) in [7, 11) is 0. The fourth-order valence-electron chi connectivity index (χ4n) is 4.48. The summed E-state index contributed by atoms with van der Waals surface area (Å²) in [6.45, 7) is 6.65. The molecule has 0 radical (unpaired) electrons. The maximum atomic E-state index is 14.0. The number of anilines is 1. The molecule has 1 aliphatic heterocycles. The van der Waals surface area contributed by atoms with Crippen molar-refractivity contribution < 1.29 is 18.7 Å². The number of hydrogen-bond acceptors (Lipinski definition) is 7. The number of fused-ring (bicyclic) bond motifs is 1. The van der Waals surface area contributed by atoms with Gasteiger partial charge in [0.2, 0.25) is 0 Å². The van der Waals surface area contributed by atoms with Crippen LogP contribution >= 0.6 is 0 Å². The van der Waals surface area contributed by atoms with Crippen LogP contribution < -0.4 is 10.5 Å². The summed E-state index contributed by atoms with van der Waals surface area (Å²) in [5, 5.41) is 5.47. The Labute approximate surface area is 214 Å². The third kappa shape index (κ3) is 5.18. The van der Waals surface area contributed by atoms with Crippen molar-refractivity contribution >= 4 is 22.9 Å². The van der Waals surface area contributed by atoms with Gasteiger partial charge in [0.25, 0.3) is 0 Å². The van der Waals surface area contributed by atoms with Gasteiger partial charge in [0, 0.05) is 12.1 Å². The number of nitrogen functional groups attached to an aromatic ring is 1. The highest BCUT2D eigenvalue weighted by atomic mass is 19.1. The average Bonchev–Trinajstić information content (AvgIpc) is 3.46. The van der Waals surface area contributed by atoms with E-state index in [0.717, 1.165) is 18.4 Å². The molecule has 1 fully saturated rings. The van der Waals surface area contributed by atoms with Gasteiger partial charge in [-0.1, -0.05) is 12.1 Å². The minimum absolute atomic E-state index is 0.0847. The number of aromatic nitrogens is 4. The number of hydrogen-bond donors (Lipinski definition) is 1. The van der Waals surface area contributed by atoms with Gasteiger partial charge < -0.3 is 20.1 Å². The smallest absolute Gasteiger partial charge is 0.410 e. The lowest BCUT2D eigenvalue weighted by molar-refractivity contribution is 0.0212. The van der Waals surface area contributed by atoms with E-state index in [0.29, 0.717) is 41.4 Å². The predicted octanol–water partition coefficient (Wildman–Crippen LogP) is 5.41. The first-order valence-corrected chi connectivity index (χ1v) is 12.2. The number of nitrogens with zero attached hydrogens (tertiary/aromatic N) is 5. The first-order valence-electron chi connectivity index (χ1n) is 12.2. The molecule has 10 heteroatoms. The highest BCUT2D eigenvalue weighted by Crippen LogP contribution is 2.33. The first-order chi connectivity index (χ1) is 17.7. The Balaban J connectivity index is 1.43. The molecule has 1 aliphatic rings. The summed E-state index contributed by atoms with van der Waals surface area (Å²) in [6, 6.07) is 13.3. The van der Waals surface area contributed by atoms with Crippen LogP contribution in [0.4, 0.5) is 15.0 Å². The number of carbonyl (C=O) groups excluding carboxylic acids is 1. The molecule has 0 saturated carbocycles. The van der Waals surface area contributed by atoms with Crippen molar-refractivity contribution in [2.24, 2.45) is 0 Å². The van der Waals surface area contributed by atoms with Gasteiger partial charge in [-0.05, 0) is 70.0 Å². The molecule has 9 nitrogen and oxygen atoms in total. The zero-order valence-corrected chi connectivity index (χ0v) is 21.0. The predicted molar refractivity (Wildman–Crippen MR) is 138 cm³/mol. The van der Waals surface area contributed by atoms with Crippen molar-refractivity contribution in [3.05, 3.63) is 60.7 Å². The van der Waals surface area contributed by atoms with Crippen LogP contribution in [0.15, 0.2) is 54.9 Å². The molecule has 0 bridgehead atoms. The third-order valence-corrected chi connectivity index (χ3v) is 6.14. The second-order valence-corrected chi connectivity index (χ2v) is 10.0. The Morgan fingerprint density at radius 3 is 2.62 bits per heavy atom. The van der Waals surface area contributed by atoms with Crippen LogP contribution in [-0.2, 0) is 11.3 Å². The van der Waals surface area contributed by atoms with Crippen molar-refractivity contribution in [1.29, 1.82) is 0 Å². The van der Waals surface area contributed by atoms with Gasteiger partial charge >= 0.3 is 6.09 Å². The Bertz CT molecular complexity index is 1430. The quantitative estimate of drug-likeness (QED) is 0.387. The number of nitrogens with two attached hydrogens (primary N) is 1. The maximum absolute atomic E-state index is 14.0. The van der Waals surface area contributed by atoms with Crippen LogP contribution in [0.25, 0.3) is 22.3 Å². The summed E-state index contributed by atoms with van der Waals surface area (Å²) < 4.78 is 27.0. The van der Waals surface area contributed by atoms with Gasteiger partial charge in [-0.3, -0.25) is 0 Å². The fraction of sp³-hybridized carbons (Fsp3) is 0.333. The van der Waals surface area contributed by atoms with Gasteiger partial charge in [0.05, 0.1) is 18.0 Å². The summed E-state index contributed by atoms with van der Waals surface area (Å²) in [4.78, 5) is 23.2. The Kier molecular flexibility index (Phi) is 6.41. The van der Waals surface area contributed by atoms with Gasteiger partial charge in [-0.15, -0.1) is 0 Å². The Hall–Kier alpha value is -4.21. The van der Waals surface area contributed by atoms with E-state index in [2.05, 4.69) is 9.97 Å². The maximum Gasteiger partial charge on any atom is 0.410 e. The third-order valence-electron chi connectivity index (χ3n) is 6.14. The summed E-state index contributed by atoms with van der Waals surface area (Å²) in [5.41, 5.74) is 7.67. The first kappa shape index (κ1) is 24.5. The molecule has 4 aromatic rings. The van der Waals surface area contributed by atoms with E-state index in [1.54, 1.807) is 39.9 Å². The lowest BCUT2D eigenvalue weighted by atomic mass is 10.1. The van der Waals surface area contributed by atoms with E-state index in [4.69, 9.17) is 20.3 Å². The molecule has 1 amide bonds. The molecule has 5 rings (SSSR count). The normalized spacial score (nSPS) is 15.8. The van der Waals surface area contributed by atoms with E-state index in [-0.39, 0.29) is 17.9 Å². The van der Waals surface area contributed by atoms with E-state index in [9.17, 15) is 9.18 Å². The van der Waals surface area contributed by atoms with Gasteiger partial charge in [-0.2, -0.15) is 5.10 Å². The van der Waals surface area contributed by atoms with Gasteiger partial charge in [0.1, 0.15) is 29.2 Å². The molecular formula is C27H29FN6O3. The molecular weight excluding hydrogens is 475 g/mol. The van der Waals surface area contributed by atoms with Crippen LogP contribution in [0.2, 0.25) is 0 Å². The summed E-state index contributed by atoms with van der Waals surface area (Å²) in [5.74, 6) is 0.511. The standard InChI is InChI=1S/C27H29FN6O3/c1-27(2,3)37-26(35)33-14-6-7-18(33)15-34-25-22(24(29)30-16-31-25)23(32-34)17-10-12-19(13-11-17)36-21-9-5-4-8-20(21)28/h4-5,8-13,16,18H,6-7,14-15H2,1-3H3,(H2,29,30,31)/t18-/m0/s1. The molecule has 2 N–H and O–H groups in total. The van der Waals surface area contributed by atoms with E-state index in [1.807, 2.05) is 32.9 Å². The number of carbonyl (C=O) groups is 1. The van der Waals surface area contributed by atoms with E-state index >= 15 is 0 Å². The van der Waals surface area contributed by atoms with Crippen molar-refractivity contribution in [2.45, 2.75) is 51.8 Å². The number of para-hydroxylation sites is 1. The molecule has 0 spiro atoms. The average molecular weight is 505 g/mol. The largest absolute Gasteiger partial charge is 0.454 e. The monoisotopic (exact) mass is 504 g/mol. The number of ether oxygens (including phenoxy) is 2. The fourth-order valence-corrected chi connectivity index (χ4v) is 4.48. The van der Waals surface area contributed by atoms with Crippen LogP contribution in [0.1, 0.15) is 33.6 Å². The van der Waals surface area contributed by atoms with Crippen LogP contribution in [-0.4, -0.2) is 48.9 Å². The number of amides is 1. The molecule has 2 aromatic carbocycles. The van der Waals surface area contributed by atoms with Crippen molar-refractivity contribution in [3.8, 4) is 22.8 Å². The minimum Gasteiger partial charge on any atom is -0.454 e. The highest BCUT2D eigenvalue weighted by molar-refractivity contribution is 5.98. The zero-order valence-electron chi connectivity index (χ0n) is 21.0. The highest BCUT2D eigenvalue weighted by Gasteiger charge is 2.33. The zero-order chi connectivity index (χ0) is 26.2. The molecule has 0 unspecified atom stereocenters. The van der Waals surface area contributed by atoms with Crippen LogP contribution in [0.3, 0.4) is 0 Å². The molecule has 37 heavy (non-hydrogen) atoms. The van der Waals surface area contributed by atoms with Crippen molar-refractivity contribution in [3.63, 3.8) is 0 Å². The Morgan fingerprint density at radius 1 is 1.14 bits per heavy atom. The second kappa shape index (κ2) is 9.68. The van der Waals surface area contributed by atoms with Crippen molar-refractivity contribution in [2.75, 3.05) is 12.3 Å². The van der Waals surface area contributed by atoms with E-state index < -0.39 is 11.4 Å². The summed E-state index contributed by atoms with van der Waals surface area (Å²) >= 11 is 0. The van der Waals surface area contributed by atoms with E-state index in [1.165, 1.54) is 12.4 Å². The number of benzene rings is 2. The Morgan fingerprint density at radius 2 is 1.89 bits per heavy atom. The number of likely N-dealkylation sites (tertiary alicyclic amines) is 1. The molecule has 1 atom stereocenters. The molecule has 192 valence electrons. The molecule has 1 saturated heterocycles. The molecule has 0 aliphatic carbocycles. The van der Waals surface area contributed by atoms with Gasteiger partial charge in [0.15, 0.2) is 17.2 Å². The lowest BCUT2D eigenvalue weighted by Crippen LogP contribution is -2.41. The van der Waals surface area contributed by atoms with Gasteiger partial charge in [-0.25, -0.2) is 23.8 Å². The number of halogens is 1. The number of rotatable bonds is 5. The molecule has 2 aromatic heterocycles. The van der Waals surface area contributed by atoms with Crippen LogP contribution in [0, 0.1) is 5.82 Å². The van der Waals surface area contributed by atoms with Crippen molar-refractivity contribution in [1.82, 2.24) is 24.6 Å². The topological polar surface area (TPSA) is 108 Å². The second-order valence-electron chi connectivity index (χ2n) is 10.0. The SMILES string of the molecule is CC(C)(C)OC(=O)N1CCC[C@H]1Cn1nc(-c2ccc(Oc3ccccc3F)cc2)c2c(N)ncnc21. The minimum atomic E-state index is -0.570.